The van der Waals surface area contributed by atoms with Crippen molar-refractivity contribution in [2.75, 3.05) is 0 Å². The van der Waals surface area contributed by atoms with Gasteiger partial charge in [0, 0.05) is 51.6 Å². The minimum atomic E-state index is 0.816. The summed E-state index contributed by atoms with van der Waals surface area (Å²) < 4.78 is 14.7. The fraction of sp³-hybridized carbons (Fsp3) is 0. The average Bonchev–Trinajstić information content (AvgIpc) is 3.52. The normalized spacial score (nSPS) is 12.5. The summed E-state index contributed by atoms with van der Waals surface area (Å²) in [6, 6.07) is 20.5. The molecule has 0 spiro atoms. The second-order valence-corrected chi connectivity index (χ2v) is 7.90. The summed E-state index contributed by atoms with van der Waals surface area (Å²) in [5, 5.41) is 6.32. The molecular weight excluding hydrogens is 386 g/mol. The van der Waals surface area contributed by atoms with Crippen LogP contribution in [0.2, 0.25) is 0 Å². The van der Waals surface area contributed by atoms with Crippen LogP contribution in [0.4, 0.5) is 0 Å². The lowest BCUT2D eigenvalue weighted by Gasteiger charge is -2.07. The van der Waals surface area contributed by atoms with Crippen molar-refractivity contribution in [3.8, 4) is 0 Å². The third kappa shape index (κ3) is 1.82. The minimum Gasteiger partial charge on any atom is -0.456 e. The summed E-state index contributed by atoms with van der Waals surface area (Å²) in [5.41, 5.74) is 6.22. The Morgan fingerprint density at radius 2 is 1.58 bits per heavy atom. The summed E-state index contributed by atoms with van der Waals surface area (Å²) in [7, 11) is 0. The van der Waals surface area contributed by atoms with E-state index in [4.69, 9.17) is 13.8 Å². The molecule has 0 fully saturated rings. The molecule has 0 aliphatic rings. The van der Waals surface area contributed by atoms with Gasteiger partial charge in [-0.2, -0.15) is 0 Å². The van der Waals surface area contributed by atoms with Gasteiger partial charge in [0.1, 0.15) is 28.0 Å². The van der Waals surface area contributed by atoms with Gasteiger partial charge in [0.15, 0.2) is 0 Å². The van der Waals surface area contributed by atoms with E-state index in [2.05, 4.69) is 39.7 Å². The molecule has 144 valence electrons. The number of nitrogens with zero attached hydrogens (tertiary/aromatic N) is 3. The molecule has 0 aliphatic carbocycles. The zero-order valence-corrected chi connectivity index (χ0v) is 16.2. The molecule has 31 heavy (non-hydrogen) atoms. The summed E-state index contributed by atoms with van der Waals surface area (Å²) in [6.45, 7) is 0. The topological polar surface area (TPSA) is 56.5 Å². The first kappa shape index (κ1) is 15.5. The fourth-order valence-electron chi connectivity index (χ4n) is 4.96. The molecule has 5 aromatic heterocycles. The molecule has 0 aliphatic heterocycles. The summed E-state index contributed by atoms with van der Waals surface area (Å²) in [4.78, 5) is 9.26. The predicted octanol–water partition coefficient (Wildman–Crippen LogP) is 6.83. The molecule has 5 heterocycles. The molecule has 0 bridgehead atoms. The molecule has 0 unspecified atom stereocenters. The summed E-state index contributed by atoms with van der Waals surface area (Å²) in [5.74, 6) is 0. The third-order valence-electron chi connectivity index (χ3n) is 6.30. The van der Waals surface area contributed by atoms with Crippen LogP contribution in [0.5, 0.6) is 0 Å². The average molecular weight is 399 g/mol. The van der Waals surface area contributed by atoms with Crippen molar-refractivity contribution >= 4 is 71.3 Å². The van der Waals surface area contributed by atoms with Crippen molar-refractivity contribution in [2.24, 2.45) is 0 Å². The van der Waals surface area contributed by atoms with Crippen molar-refractivity contribution in [2.45, 2.75) is 0 Å². The Morgan fingerprint density at radius 1 is 0.645 bits per heavy atom. The van der Waals surface area contributed by atoms with Crippen LogP contribution in [0.15, 0.2) is 88.1 Å². The van der Waals surface area contributed by atoms with E-state index in [1.807, 2.05) is 48.9 Å². The lowest BCUT2D eigenvalue weighted by molar-refractivity contribution is 0.663. The van der Waals surface area contributed by atoms with E-state index in [0.29, 0.717) is 0 Å². The van der Waals surface area contributed by atoms with Gasteiger partial charge < -0.3 is 8.83 Å². The van der Waals surface area contributed by atoms with Gasteiger partial charge in [-0.25, -0.2) is 4.98 Å². The standard InChI is InChI=1S/C26H13N3O2/c1-2-6-20-14(4-1)15-7-8-21-23(25(15)31-20)18-12-17-19(13-22(18)30-21)29-11-10-28-26(29)16-5-3-9-27-24(16)17/h1-13H. The Labute approximate surface area is 174 Å². The van der Waals surface area contributed by atoms with Crippen LogP contribution in [0.25, 0.3) is 71.3 Å². The molecule has 0 saturated carbocycles. The molecule has 0 saturated heterocycles. The van der Waals surface area contributed by atoms with Crippen molar-refractivity contribution in [1.29, 1.82) is 0 Å². The van der Waals surface area contributed by atoms with Crippen LogP contribution in [-0.4, -0.2) is 14.4 Å². The van der Waals surface area contributed by atoms with Crippen LogP contribution in [-0.2, 0) is 0 Å². The Morgan fingerprint density at radius 3 is 2.58 bits per heavy atom. The van der Waals surface area contributed by atoms with Crippen molar-refractivity contribution in [3.63, 3.8) is 0 Å². The number of fused-ring (bicyclic) bond motifs is 13. The maximum absolute atomic E-state index is 6.30. The van der Waals surface area contributed by atoms with Crippen LogP contribution in [0.3, 0.4) is 0 Å². The van der Waals surface area contributed by atoms with E-state index in [1.54, 1.807) is 0 Å². The molecule has 0 N–H and O–H groups in total. The van der Waals surface area contributed by atoms with Crippen LogP contribution in [0.1, 0.15) is 0 Å². The maximum atomic E-state index is 6.30. The molecule has 3 aromatic carbocycles. The molecule has 0 radical (unpaired) electrons. The molecule has 5 nitrogen and oxygen atoms in total. The SMILES string of the molecule is c1ccc2c(c1)oc1c2ccc2oc3cc4c(cc3c21)c1ncccc1c1nccn41. The number of rotatable bonds is 0. The number of pyridine rings is 2. The van der Waals surface area contributed by atoms with Crippen molar-refractivity contribution < 1.29 is 8.83 Å². The first-order valence-electron chi connectivity index (χ1n) is 10.2. The Bertz CT molecular complexity index is 2010. The van der Waals surface area contributed by atoms with E-state index in [1.165, 1.54) is 0 Å². The lowest BCUT2D eigenvalue weighted by Crippen LogP contribution is -1.91. The highest BCUT2D eigenvalue weighted by molar-refractivity contribution is 6.24. The predicted molar refractivity (Wildman–Crippen MR) is 123 cm³/mol. The van der Waals surface area contributed by atoms with E-state index in [-0.39, 0.29) is 0 Å². The number of hydrogen-bond donors (Lipinski definition) is 0. The van der Waals surface area contributed by atoms with Crippen LogP contribution < -0.4 is 0 Å². The van der Waals surface area contributed by atoms with E-state index >= 15 is 0 Å². The highest BCUT2D eigenvalue weighted by atomic mass is 16.3. The first-order chi connectivity index (χ1) is 15.4. The van der Waals surface area contributed by atoms with E-state index in [9.17, 15) is 0 Å². The first-order valence-corrected chi connectivity index (χ1v) is 10.2. The Hall–Kier alpha value is -4.38. The maximum Gasteiger partial charge on any atom is 0.147 e. The quantitative estimate of drug-likeness (QED) is 0.262. The largest absolute Gasteiger partial charge is 0.456 e. The van der Waals surface area contributed by atoms with Gasteiger partial charge >= 0.3 is 0 Å². The number of furan rings is 2. The smallest absolute Gasteiger partial charge is 0.147 e. The molecule has 0 amide bonds. The summed E-state index contributed by atoms with van der Waals surface area (Å²) in [6.07, 6.45) is 5.63. The van der Waals surface area contributed by atoms with E-state index < -0.39 is 0 Å². The Kier molecular flexibility index (Phi) is 2.60. The molecule has 8 aromatic rings. The Balaban J connectivity index is 1.65. The number of benzene rings is 3. The van der Waals surface area contributed by atoms with Gasteiger partial charge in [0.25, 0.3) is 0 Å². The summed E-state index contributed by atoms with van der Waals surface area (Å²) >= 11 is 0. The molecule has 0 atom stereocenters. The van der Waals surface area contributed by atoms with Crippen LogP contribution >= 0.6 is 0 Å². The van der Waals surface area contributed by atoms with Gasteiger partial charge in [0.2, 0.25) is 0 Å². The number of para-hydroxylation sites is 1. The van der Waals surface area contributed by atoms with Gasteiger partial charge in [-0.1, -0.05) is 18.2 Å². The lowest BCUT2D eigenvalue weighted by atomic mass is 10.0. The minimum absolute atomic E-state index is 0.816. The van der Waals surface area contributed by atoms with Gasteiger partial charge in [-0.15, -0.1) is 0 Å². The van der Waals surface area contributed by atoms with Crippen LogP contribution in [0, 0.1) is 0 Å². The number of imidazole rings is 1. The molecular formula is C26H13N3O2. The monoisotopic (exact) mass is 399 g/mol. The van der Waals surface area contributed by atoms with Gasteiger partial charge in [-0.05, 0) is 36.4 Å². The highest BCUT2D eigenvalue weighted by Crippen LogP contribution is 2.41. The molecule has 8 rings (SSSR count). The van der Waals surface area contributed by atoms with Crippen molar-refractivity contribution in [3.05, 3.63) is 79.3 Å². The zero-order chi connectivity index (χ0) is 20.1. The fourth-order valence-corrected chi connectivity index (χ4v) is 4.96. The van der Waals surface area contributed by atoms with Gasteiger partial charge in [0.05, 0.1) is 16.4 Å². The molecule has 5 heteroatoms. The van der Waals surface area contributed by atoms with E-state index in [0.717, 1.165) is 71.3 Å². The second-order valence-electron chi connectivity index (χ2n) is 7.90. The number of aromatic nitrogens is 3. The third-order valence-corrected chi connectivity index (χ3v) is 6.30. The number of hydrogen-bond acceptors (Lipinski definition) is 4. The highest BCUT2D eigenvalue weighted by Gasteiger charge is 2.18. The van der Waals surface area contributed by atoms with Crippen molar-refractivity contribution in [1.82, 2.24) is 14.4 Å². The van der Waals surface area contributed by atoms with Gasteiger partial charge in [-0.3, -0.25) is 9.38 Å². The second kappa shape index (κ2) is 5.21. The zero-order valence-electron chi connectivity index (χ0n) is 16.2.